The third kappa shape index (κ3) is 3.37. The molecule has 2 rings (SSSR count). The van der Waals surface area contributed by atoms with E-state index in [1.165, 1.54) is 0 Å². The number of aromatic nitrogens is 2. The Morgan fingerprint density at radius 3 is 2.37 bits per heavy atom. The van der Waals surface area contributed by atoms with E-state index >= 15 is 0 Å². The lowest BCUT2D eigenvalue weighted by molar-refractivity contribution is -0.117. The molecule has 1 aromatic carbocycles. The molecule has 0 radical (unpaired) electrons. The van der Waals surface area contributed by atoms with Crippen molar-refractivity contribution < 1.29 is 4.79 Å². The number of Topliss-reactive ketones (excluding diaryl/α,β-unsaturated/α-hetero) is 1. The van der Waals surface area contributed by atoms with Crippen molar-refractivity contribution in [2.75, 3.05) is 0 Å². The predicted molar refractivity (Wildman–Crippen MR) is 76.8 cm³/mol. The number of hydrogen-bond acceptors (Lipinski definition) is 2. The van der Waals surface area contributed by atoms with Gasteiger partial charge in [0.25, 0.3) is 0 Å². The molecule has 0 unspecified atom stereocenters. The quantitative estimate of drug-likeness (QED) is 0.867. The van der Waals surface area contributed by atoms with Gasteiger partial charge in [0.15, 0.2) is 0 Å². The van der Waals surface area contributed by atoms with Crippen LogP contribution in [0.15, 0.2) is 24.3 Å². The summed E-state index contributed by atoms with van der Waals surface area (Å²) in [7, 11) is 1.77. The molecule has 19 heavy (non-hydrogen) atoms. The minimum Gasteiger partial charge on any atom is -0.299 e. The number of halogens is 2. The van der Waals surface area contributed by atoms with Crippen LogP contribution in [0.3, 0.4) is 0 Å². The molecule has 1 heterocycles. The first-order valence-electron chi connectivity index (χ1n) is 5.91. The second-order valence-corrected chi connectivity index (χ2v) is 5.29. The van der Waals surface area contributed by atoms with Crippen molar-refractivity contribution in [2.24, 2.45) is 7.05 Å². The van der Waals surface area contributed by atoms with Gasteiger partial charge in [-0.2, -0.15) is 5.10 Å². The number of nitrogens with zero attached hydrogens (tertiary/aromatic N) is 2. The van der Waals surface area contributed by atoms with Crippen LogP contribution < -0.4 is 0 Å². The molecular formula is C14H14Cl2N2O. The van der Waals surface area contributed by atoms with Crippen molar-refractivity contribution in [1.82, 2.24) is 9.78 Å². The molecule has 2 aromatic rings. The zero-order valence-electron chi connectivity index (χ0n) is 10.8. The molecule has 0 spiro atoms. The van der Waals surface area contributed by atoms with Crippen molar-refractivity contribution in [1.29, 1.82) is 0 Å². The molecular weight excluding hydrogens is 283 g/mol. The summed E-state index contributed by atoms with van der Waals surface area (Å²) in [4.78, 5) is 12.1. The molecule has 0 bridgehead atoms. The molecule has 0 saturated carbocycles. The molecule has 0 saturated heterocycles. The smallest absolute Gasteiger partial charge is 0.141 e. The number of ketones is 1. The van der Waals surface area contributed by atoms with E-state index in [0.717, 1.165) is 16.8 Å². The summed E-state index contributed by atoms with van der Waals surface area (Å²) in [5.41, 5.74) is 2.56. The molecule has 0 fully saturated rings. The van der Waals surface area contributed by atoms with Gasteiger partial charge in [-0.3, -0.25) is 9.48 Å². The fourth-order valence-corrected chi connectivity index (χ4v) is 2.33. The Labute approximate surface area is 122 Å². The maximum Gasteiger partial charge on any atom is 0.141 e. The molecule has 0 aliphatic rings. The monoisotopic (exact) mass is 296 g/mol. The van der Waals surface area contributed by atoms with E-state index in [1.807, 2.05) is 19.1 Å². The van der Waals surface area contributed by atoms with Crippen LogP contribution in [-0.2, 0) is 24.7 Å². The van der Waals surface area contributed by atoms with Gasteiger partial charge in [-0.1, -0.05) is 35.3 Å². The molecule has 0 N–H and O–H groups in total. The minimum absolute atomic E-state index is 0.111. The lowest BCUT2D eigenvalue weighted by Gasteiger charge is -2.02. The van der Waals surface area contributed by atoms with E-state index in [0.29, 0.717) is 23.0 Å². The maximum absolute atomic E-state index is 12.1. The van der Waals surface area contributed by atoms with E-state index in [4.69, 9.17) is 23.2 Å². The lowest BCUT2D eigenvalue weighted by Crippen LogP contribution is -2.07. The molecule has 5 heteroatoms. The Kier molecular flexibility index (Phi) is 4.27. The van der Waals surface area contributed by atoms with Crippen LogP contribution >= 0.6 is 23.2 Å². The highest BCUT2D eigenvalue weighted by Crippen LogP contribution is 2.20. The first-order chi connectivity index (χ1) is 8.97. The van der Waals surface area contributed by atoms with Gasteiger partial charge in [-0.05, 0) is 24.6 Å². The van der Waals surface area contributed by atoms with E-state index < -0.39 is 0 Å². The fourth-order valence-electron chi connectivity index (χ4n) is 1.96. The molecule has 1 aromatic heterocycles. The average Bonchev–Trinajstić information content (AvgIpc) is 2.59. The number of benzene rings is 1. The first-order valence-corrected chi connectivity index (χ1v) is 6.67. The fraction of sp³-hybridized carbons (Fsp3) is 0.286. The Morgan fingerprint density at radius 1 is 1.21 bits per heavy atom. The second kappa shape index (κ2) is 5.76. The van der Waals surface area contributed by atoms with Gasteiger partial charge in [0, 0.05) is 30.5 Å². The topological polar surface area (TPSA) is 34.9 Å². The van der Waals surface area contributed by atoms with Crippen molar-refractivity contribution in [3.05, 3.63) is 51.3 Å². The third-order valence-electron chi connectivity index (χ3n) is 2.96. The van der Waals surface area contributed by atoms with Crippen molar-refractivity contribution >= 4 is 29.0 Å². The minimum atomic E-state index is 0.111. The van der Waals surface area contributed by atoms with Gasteiger partial charge in [0.1, 0.15) is 10.9 Å². The van der Waals surface area contributed by atoms with E-state index in [-0.39, 0.29) is 5.78 Å². The SMILES string of the molecule is Cc1nn(C)c(Cl)c1CC(=O)Cc1ccc(Cl)cc1. The summed E-state index contributed by atoms with van der Waals surface area (Å²) in [5.74, 6) is 0.111. The first kappa shape index (κ1) is 14.1. The highest BCUT2D eigenvalue weighted by atomic mass is 35.5. The van der Waals surface area contributed by atoms with Gasteiger partial charge in [-0.15, -0.1) is 0 Å². The number of carbonyl (C=O) groups excluding carboxylic acids is 1. The third-order valence-corrected chi connectivity index (χ3v) is 3.68. The van der Waals surface area contributed by atoms with Crippen LogP contribution in [0.4, 0.5) is 0 Å². The van der Waals surface area contributed by atoms with Crippen LogP contribution in [0.5, 0.6) is 0 Å². The van der Waals surface area contributed by atoms with Gasteiger partial charge >= 0.3 is 0 Å². The predicted octanol–water partition coefficient (Wildman–Crippen LogP) is 3.39. The standard InChI is InChI=1S/C14H14Cl2N2O/c1-9-13(14(16)18(2)17-9)8-12(19)7-10-3-5-11(15)6-4-10/h3-6H,7-8H2,1-2H3. The Morgan fingerprint density at radius 2 is 1.84 bits per heavy atom. The second-order valence-electron chi connectivity index (χ2n) is 4.50. The zero-order chi connectivity index (χ0) is 14.0. The van der Waals surface area contributed by atoms with Crippen LogP contribution in [-0.4, -0.2) is 15.6 Å². The molecule has 100 valence electrons. The van der Waals surface area contributed by atoms with Crippen LogP contribution in [0.25, 0.3) is 0 Å². The van der Waals surface area contributed by atoms with Gasteiger partial charge in [0.05, 0.1) is 5.69 Å². The van der Waals surface area contributed by atoms with Crippen LogP contribution in [0.2, 0.25) is 10.2 Å². The maximum atomic E-state index is 12.1. The molecule has 0 aliphatic carbocycles. The number of hydrogen-bond donors (Lipinski definition) is 0. The van der Waals surface area contributed by atoms with Crippen molar-refractivity contribution in [3.63, 3.8) is 0 Å². The van der Waals surface area contributed by atoms with Crippen molar-refractivity contribution in [2.45, 2.75) is 19.8 Å². The summed E-state index contributed by atoms with van der Waals surface area (Å²) < 4.78 is 1.59. The number of aryl methyl sites for hydroxylation is 2. The van der Waals surface area contributed by atoms with Crippen LogP contribution in [0, 0.1) is 6.92 Å². The lowest BCUT2D eigenvalue weighted by atomic mass is 10.0. The average molecular weight is 297 g/mol. The Hall–Kier alpha value is -1.32. The highest BCUT2D eigenvalue weighted by molar-refractivity contribution is 6.31. The van der Waals surface area contributed by atoms with E-state index in [1.54, 1.807) is 23.9 Å². The summed E-state index contributed by atoms with van der Waals surface area (Å²) in [5, 5.41) is 5.40. The van der Waals surface area contributed by atoms with Gasteiger partial charge in [-0.25, -0.2) is 0 Å². The zero-order valence-corrected chi connectivity index (χ0v) is 12.3. The summed E-state index contributed by atoms with van der Waals surface area (Å²) in [6.45, 7) is 1.86. The largest absolute Gasteiger partial charge is 0.299 e. The van der Waals surface area contributed by atoms with Gasteiger partial charge < -0.3 is 0 Å². The molecule has 0 atom stereocenters. The van der Waals surface area contributed by atoms with Crippen LogP contribution in [0.1, 0.15) is 16.8 Å². The Balaban J connectivity index is 2.07. The summed E-state index contributed by atoms with van der Waals surface area (Å²) >= 11 is 11.9. The molecule has 0 amide bonds. The van der Waals surface area contributed by atoms with E-state index in [9.17, 15) is 4.79 Å². The van der Waals surface area contributed by atoms with Gasteiger partial charge in [0.2, 0.25) is 0 Å². The molecule has 0 aliphatic heterocycles. The highest BCUT2D eigenvalue weighted by Gasteiger charge is 2.15. The number of carbonyl (C=O) groups is 1. The molecule has 3 nitrogen and oxygen atoms in total. The Bertz CT molecular complexity index is 603. The summed E-state index contributed by atoms with van der Waals surface area (Å²) in [6, 6.07) is 7.29. The van der Waals surface area contributed by atoms with Crippen molar-refractivity contribution in [3.8, 4) is 0 Å². The number of rotatable bonds is 4. The normalized spacial score (nSPS) is 10.7. The summed E-state index contributed by atoms with van der Waals surface area (Å²) in [6.07, 6.45) is 0.683. The van der Waals surface area contributed by atoms with E-state index in [2.05, 4.69) is 5.10 Å².